The number of nitrogens with one attached hydrogen (secondary N) is 1. The van der Waals surface area contributed by atoms with Crippen LogP contribution in [0.25, 0.3) is 11.3 Å². The molecule has 0 atom stereocenters. The van der Waals surface area contributed by atoms with Gasteiger partial charge in [-0.1, -0.05) is 24.3 Å². The summed E-state index contributed by atoms with van der Waals surface area (Å²) in [4.78, 5) is 37.9. The lowest BCUT2D eigenvalue weighted by Crippen LogP contribution is -2.32. The van der Waals surface area contributed by atoms with E-state index in [9.17, 15) is 18.8 Å². The average Bonchev–Trinajstić information content (AvgIpc) is 2.98. The molecule has 0 saturated heterocycles. The SMILES string of the molecule is COC(=C1C(=O)N(C(C)=O)c2cc(F)ccc21)c1ccc(CNC(=O)OC(C)(C)C)cc1. The number of fused-ring (bicyclic) bond motifs is 1. The second-order valence-electron chi connectivity index (χ2n) is 8.28. The number of methoxy groups -OCH3 is 1. The van der Waals surface area contributed by atoms with E-state index in [0.717, 1.165) is 16.5 Å². The number of alkyl carbamates (subject to hydrolysis) is 1. The lowest BCUT2D eigenvalue weighted by atomic mass is 10.0. The molecule has 0 saturated carbocycles. The molecule has 2 aromatic rings. The zero-order chi connectivity index (χ0) is 23.6. The van der Waals surface area contributed by atoms with Crippen molar-refractivity contribution in [3.8, 4) is 0 Å². The highest BCUT2D eigenvalue weighted by Gasteiger charge is 2.38. The summed E-state index contributed by atoms with van der Waals surface area (Å²) in [7, 11) is 1.42. The van der Waals surface area contributed by atoms with Gasteiger partial charge in [0.2, 0.25) is 5.91 Å². The first-order valence-electron chi connectivity index (χ1n) is 10.0. The van der Waals surface area contributed by atoms with E-state index in [1.165, 1.54) is 26.2 Å². The van der Waals surface area contributed by atoms with Crippen LogP contribution in [0.5, 0.6) is 0 Å². The van der Waals surface area contributed by atoms with Crippen molar-refractivity contribution in [2.24, 2.45) is 0 Å². The van der Waals surface area contributed by atoms with E-state index in [1.807, 2.05) is 0 Å². The fourth-order valence-electron chi connectivity index (χ4n) is 3.40. The number of carbonyl (C=O) groups is 3. The number of hydrogen-bond acceptors (Lipinski definition) is 5. The van der Waals surface area contributed by atoms with Crippen molar-refractivity contribution in [1.82, 2.24) is 5.32 Å². The normalized spacial score (nSPS) is 14.7. The van der Waals surface area contributed by atoms with Crippen molar-refractivity contribution in [2.45, 2.75) is 39.8 Å². The number of benzene rings is 2. The third kappa shape index (κ3) is 4.80. The first kappa shape index (κ1) is 23.0. The van der Waals surface area contributed by atoms with E-state index in [2.05, 4.69) is 5.32 Å². The van der Waals surface area contributed by atoms with E-state index in [4.69, 9.17) is 9.47 Å². The molecule has 0 unspecified atom stereocenters. The van der Waals surface area contributed by atoms with Crippen molar-refractivity contribution in [3.05, 3.63) is 65.0 Å². The van der Waals surface area contributed by atoms with E-state index in [1.54, 1.807) is 45.0 Å². The zero-order valence-corrected chi connectivity index (χ0v) is 18.6. The van der Waals surface area contributed by atoms with Gasteiger partial charge in [0.25, 0.3) is 5.91 Å². The third-order valence-electron chi connectivity index (χ3n) is 4.68. The van der Waals surface area contributed by atoms with Crippen LogP contribution in [0.2, 0.25) is 0 Å². The maximum Gasteiger partial charge on any atom is 0.407 e. The van der Waals surface area contributed by atoms with Crippen LogP contribution < -0.4 is 10.2 Å². The van der Waals surface area contributed by atoms with Gasteiger partial charge in [-0.15, -0.1) is 0 Å². The molecule has 0 aromatic heterocycles. The highest BCUT2D eigenvalue weighted by atomic mass is 19.1. The molecule has 1 aliphatic rings. The fourth-order valence-corrected chi connectivity index (χ4v) is 3.40. The number of carbonyl (C=O) groups excluding carboxylic acids is 3. The van der Waals surface area contributed by atoms with Gasteiger partial charge in [-0.3, -0.25) is 9.59 Å². The number of nitrogens with zero attached hydrogens (tertiary/aromatic N) is 1. The Morgan fingerprint density at radius 3 is 2.31 bits per heavy atom. The Kier molecular flexibility index (Phi) is 6.34. The third-order valence-corrected chi connectivity index (χ3v) is 4.68. The van der Waals surface area contributed by atoms with Crippen LogP contribution in [0.15, 0.2) is 42.5 Å². The zero-order valence-electron chi connectivity index (χ0n) is 18.6. The molecule has 8 heteroatoms. The largest absolute Gasteiger partial charge is 0.495 e. The minimum atomic E-state index is -0.589. The molecule has 0 spiro atoms. The topological polar surface area (TPSA) is 84.9 Å². The Bertz CT molecular complexity index is 1100. The molecule has 3 amide bonds. The van der Waals surface area contributed by atoms with Crippen molar-refractivity contribution in [2.75, 3.05) is 12.0 Å². The number of rotatable bonds is 4. The molecule has 1 aliphatic heterocycles. The second kappa shape index (κ2) is 8.82. The molecular weight excluding hydrogens is 415 g/mol. The van der Waals surface area contributed by atoms with Crippen LogP contribution in [0, 0.1) is 5.82 Å². The van der Waals surface area contributed by atoms with Crippen LogP contribution >= 0.6 is 0 Å². The predicted octanol–water partition coefficient (Wildman–Crippen LogP) is 4.26. The van der Waals surface area contributed by atoms with Gasteiger partial charge in [0.15, 0.2) is 0 Å². The maximum absolute atomic E-state index is 13.8. The molecule has 1 heterocycles. The quantitative estimate of drug-likeness (QED) is 0.567. The number of imide groups is 1. The van der Waals surface area contributed by atoms with E-state index in [-0.39, 0.29) is 23.6 Å². The molecule has 2 aromatic carbocycles. The molecular formula is C24H25FN2O5. The molecule has 1 N–H and O–H groups in total. The van der Waals surface area contributed by atoms with Gasteiger partial charge in [0.05, 0.1) is 18.4 Å². The van der Waals surface area contributed by atoms with Gasteiger partial charge in [-0.05, 0) is 44.5 Å². The summed E-state index contributed by atoms with van der Waals surface area (Å²) in [6, 6.07) is 10.9. The number of halogens is 1. The van der Waals surface area contributed by atoms with Gasteiger partial charge in [-0.25, -0.2) is 14.1 Å². The summed E-state index contributed by atoms with van der Waals surface area (Å²) < 4.78 is 24.5. The summed E-state index contributed by atoms with van der Waals surface area (Å²) >= 11 is 0. The number of hydrogen-bond donors (Lipinski definition) is 1. The fraction of sp³-hybridized carbons (Fsp3) is 0.292. The first-order valence-corrected chi connectivity index (χ1v) is 10.0. The smallest absolute Gasteiger partial charge is 0.407 e. The van der Waals surface area contributed by atoms with E-state index in [0.29, 0.717) is 11.1 Å². The summed E-state index contributed by atoms with van der Waals surface area (Å²) in [6.45, 7) is 6.85. The Morgan fingerprint density at radius 1 is 1.09 bits per heavy atom. The van der Waals surface area contributed by atoms with Crippen molar-refractivity contribution < 1.29 is 28.2 Å². The maximum atomic E-state index is 13.8. The summed E-state index contributed by atoms with van der Waals surface area (Å²) in [6.07, 6.45) is -0.522. The minimum Gasteiger partial charge on any atom is -0.495 e. The Labute approximate surface area is 185 Å². The monoisotopic (exact) mass is 440 g/mol. The van der Waals surface area contributed by atoms with Crippen LogP contribution in [0.3, 0.4) is 0 Å². The minimum absolute atomic E-state index is 0.178. The average molecular weight is 440 g/mol. The van der Waals surface area contributed by atoms with Gasteiger partial charge >= 0.3 is 6.09 Å². The lowest BCUT2D eigenvalue weighted by molar-refractivity contribution is -0.122. The van der Waals surface area contributed by atoms with Gasteiger partial charge in [0.1, 0.15) is 17.2 Å². The number of amides is 3. The number of anilines is 1. The standard InChI is InChI=1S/C24H25FN2O5/c1-14(28)27-19-12-17(25)10-11-18(19)20(22(27)29)21(31-5)16-8-6-15(7-9-16)13-26-23(30)32-24(2,3)4/h6-12H,13H2,1-5H3,(H,26,30). The summed E-state index contributed by atoms with van der Waals surface area (Å²) in [5.74, 6) is -1.38. The molecule has 3 rings (SSSR count). The summed E-state index contributed by atoms with van der Waals surface area (Å²) in [5, 5.41) is 2.68. The molecule has 32 heavy (non-hydrogen) atoms. The van der Waals surface area contributed by atoms with Crippen molar-refractivity contribution in [3.63, 3.8) is 0 Å². The number of ether oxygens (including phenoxy) is 2. The van der Waals surface area contributed by atoms with Crippen LogP contribution in [-0.4, -0.2) is 30.6 Å². The molecule has 0 fully saturated rings. The molecule has 7 nitrogen and oxygen atoms in total. The van der Waals surface area contributed by atoms with Crippen LogP contribution in [0.1, 0.15) is 44.4 Å². The first-order chi connectivity index (χ1) is 15.0. The highest BCUT2D eigenvalue weighted by Crippen LogP contribution is 2.41. The van der Waals surface area contributed by atoms with Gasteiger partial charge < -0.3 is 14.8 Å². The Hall–Kier alpha value is -3.68. The molecule has 0 radical (unpaired) electrons. The van der Waals surface area contributed by atoms with Gasteiger partial charge in [0, 0.05) is 24.6 Å². The van der Waals surface area contributed by atoms with E-state index < -0.39 is 29.3 Å². The van der Waals surface area contributed by atoms with Crippen molar-refractivity contribution in [1.29, 1.82) is 0 Å². The summed E-state index contributed by atoms with van der Waals surface area (Å²) in [5.41, 5.74) is 1.60. The van der Waals surface area contributed by atoms with Crippen LogP contribution in [0.4, 0.5) is 14.9 Å². The Morgan fingerprint density at radius 2 is 1.75 bits per heavy atom. The Balaban J connectivity index is 1.91. The lowest BCUT2D eigenvalue weighted by Gasteiger charge is -2.19. The van der Waals surface area contributed by atoms with Crippen molar-refractivity contribution >= 4 is 34.9 Å². The van der Waals surface area contributed by atoms with Gasteiger partial charge in [-0.2, -0.15) is 0 Å². The molecule has 168 valence electrons. The highest BCUT2D eigenvalue weighted by molar-refractivity contribution is 6.42. The van der Waals surface area contributed by atoms with Crippen LogP contribution in [-0.2, 0) is 25.6 Å². The second-order valence-corrected chi connectivity index (χ2v) is 8.28. The van der Waals surface area contributed by atoms with E-state index >= 15 is 0 Å². The molecule has 0 bridgehead atoms. The predicted molar refractivity (Wildman–Crippen MR) is 118 cm³/mol. The molecule has 0 aliphatic carbocycles.